The van der Waals surface area contributed by atoms with Crippen molar-refractivity contribution in [1.29, 1.82) is 0 Å². The smallest absolute Gasteiger partial charge is 0.164 e. The molecule has 0 fully saturated rings. The first-order valence-electron chi connectivity index (χ1n) is 8.93. The molecule has 0 saturated heterocycles. The molecule has 0 N–H and O–H groups in total. The van der Waals surface area contributed by atoms with E-state index in [0.717, 1.165) is 28.3 Å². The molecule has 1 heterocycles. The van der Waals surface area contributed by atoms with Crippen molar-refractivity contribution in [3.8, 4) is 33.9 Å². The lowest BCUT2D eigenvalue weighted by Gasteiger charge is -2.10. The van der Waals surface area contributed by atoms with Crippen LogP contribution >= 0.6 is 8.86 Å². The molecule has 0 radical (unpaired) electrons. The Morgan fingerprint density at radius 3 is 2.10 bits per heavy atom. The van der Waals surface area contributed by atoms with Gasteiger partial charge in [0.1, 0.15) is 0 Å². The SMILES string of the molecule is Cc1ccc(-c2nc(C=P)nc(-c3ccccc3)n2)cc1-c1ccc(F)c(F)c1. The molecule has 142 valence electrons. The predicted molar refractivity (Wildman–Crippen MR) is 114 cm³/mol. The van der Waals surface area contributed by atoms with Crippen LogP contribution in [0.25, 0.3) is 33.9 Å². The Bertz CT molecular complexity index is 1210. The third-order valence-corrected chi connectivity index (χ3v) is 4.80. The standard InChI is InChI=1S/C23H16F2N3P/c1-14-7-8-17(11-18(14)16-9-10-19(24)20(25)12-16)23-27-21(13-29)26-22(28-23)15-5-3-2-4-6-15/h2-13,29H,1H3. The van der Waals surface area contributed by atoms with Crippen LogP contribution in [0.5, 0.6) is 0 Å². The van der Waals surface area contributed by atoms with Gasteiger partial charge in [-0.05, 0) is 41.8 Å². The molecule has 1 aromatic heterocycles. The minimum atomic E-state index is -0.880. The van der Waals surface area contributed by atoms with Crippen molar-refractivity contribution in [2.75, 3.05) is 0 Å². The zero-order valence-electron chi connectivity index (χ0n) is 15.5. The molecule has 0 bridgehead atoms. The molecule has 0 aliphatic rings. The summed E-state index contributed by atoms with van der Waals surface area (Å²) < 4.78 is 27.1. The molecule has 0 saturated carbocycles. The van der Waals surface area contributed by atoms with E-state index in [9.17, 15) is 8.78 Å². The molecule has 4 aromatic rings. The van der Waals surface area contributed by atoms with Gasteiger partial charge in [0.05, 0.1) is 0 Å². The van der Waals surface area contributed by atoms with Crippen LogP contribution in [0.2, 0.25) is 0 Å². The van der Waals surface area contributed by atoms with Crippen LogP contribution in [-0.4, -0.2) is 20.7 Å². The van der Waals surface area contributed by atoms with Gasteiger partial charge >= 0.3 is 0 Å². The fourth-order valence-corrected chi connectivity index (χ4v) is 3.17. The second-order valence-corrected chi connectivity index (χ2v) is 6.80. The van der Waals surface area contributed by atoms with Crippen LogP contribution in [-0.2, 0) is 0 Å². The third kappa shape index (κ3) is 3.96. The van der Waals surface area contributed by atoms with Gasteiger partial charge in [-0.2, -0.15) is 0 Å². The first-order chi connectivity index (χ1) is 14.0. The zero-order chi connectivity index (χ0) is 20.4. The molecule has 0 aliphatic carbocycles. The van der Waals surface area contributed by atoms with Gasteiger partial charge in [0, 0.05) is 16.9 Å². The second-order valence-electron chi connectivity index (χ2n) is 6.51. The topological polar surface area (TPSA) is 38.7 Å². The molecule has 29 heavy (non-hydrogen) atoms. The highest BCUT2D eigenvalue weighted by Crippen LogP contribution is 2.29. The Morgan fingerprint density at radius 1 is 0.724 bits per heavy atom. The first kappa shape index (κ1) is 19.0. The fraction of sp³-hybridized carbons (Fsp3) is 0.0435. The molecule has 0 aliphatic heterocycles. The summed E-state index contributed by atoms with van der Waals surface area (Å²) in [5.41, 5.74) is 3.94. The van der Waals surface area contributed by atoms with E-state index in [1.54, 1.807) is 11.9 Å². The second kappa shape index (κ2) is 7.98. The number of hydrogen-bond donors (Lipinski definition) is 0. The first-order valence-corrected chi connectivity index (χ1v) is 9.51. The highest BCUT2D eigenvalue weighted by Gasteiger charge is 2.12. The zero-order valence-corrected chi connectivity index (χ0v) is 16.5. The maximum atomic E-state index is 13.7. The fourth-order valence-electron chi connectivity index (χ4n) is 3.04. The number of halogens is 2. The van der Waals surface area contributed by atoms with Crippen molar-refractivity contribution in [1.82, 2.24) is 15.0 Å². The molecule has 6 heteroatoms. The molecule has 0 amide bonds. The lowest BCUT2D eigenvalue weighted by molar-refractivity contribution is 0.509. The molecule has 0 atom stereocenters. The van der Waals surface area contributed by atoms with Gasteiger partial charge in [-0.3, -0.25) is 0 Å². The van der Waals surface area contributed by atoms with Gasteiger partial charge in [-0.15, -0.1) is 8.86 Å². The van der Waals surface area contributed by atoms with Crippen molar-refractivity contribution in [2.45, 2.75) is 6.92 Å². The maximum Gasteiger partial charge on any atom is 0.164 e. The van der Waals surface area contributed by atoms with E-state index < -0.39 is 11.6 Å². The number of hydrogen-bond acceptors (Lipinski definition) is 3. The number of aromatic nitrogens is 3. The van der Waals surface area contributed by atoms with Gasteiger partial charge < -0.3 is 0 Å². The van der Waals surface area contributed by atoms with Crippen LogP contribution < -0.4 is 0 Å². The lowest BCUT2D eigenvalue weighted by Crippen LogP contribution is -2.02. The average Bonchev–Trinajstić information content (AvgIpc) is 2.76. The van der Waals surface area contributed by atoms with Crippen molar-refractivity contribution in [3.63, 3.8) is 0 Å². The quantitative estimate of drug-likeness (QED) is 0.407. The summed E-state index contributed by atoms with van der Waals surface area (Å²) in [6, 6.07) is 19.2. The Kier molecular flexibility index (Phi) is 5.24. The number of rotatable bonds is 4. The van der Waals surface area contributed by atoms with E-state index in [4.69, 9.17) is 0 Å². The molecule has 0 unspecified atom stereocenters. The predicted octanol–water partition coefficient (Wildman–Crippen LogP) is 5.75. The number of benzene rings is 3. The van der Waals surface area contributed by atoms with Crippen molar-refractivity contribution in [3.05, 3.63) is 89.8 Å². The monoisotopic (exact) mass is 403 g/mol. The van der Waals surface area contributed by atoms with Crippen molar-refractivity contribution < 1.29 is 8.78 Å². The normalized spacial score (nSPS) is 10.7. The summed E-state index contributed by atoms with van der Waals surface area (Å²) in [4.78, 5) is 13.6. The van der Waals surface area contributed by atoms with Gasteiger partial charge in [-0.25, -0.2) is 23.7 Å². The van der Waals surface area contributed by atoms with Crippen LogP contribution in [0.1, 0.15) is 11.4 Å². The van der Waals surface area contributed by atoms with Crippen LogP contribution in [0.4, 0.5) is 8.78 Å². The van der Waals surface area contributed by atoms with Gasteiger partial charge in [0.2, 0.25) is 0 Å². The van der Waals surface area contributed by atoms with E-state index in [1.807, 2.05) is 55.5 Å². The summed E-state index contributed by atoms with van der Waals surface area (Å²) in [6.45, 7) is 1.92. The molecule has 4 rings (SSSR count). The summed E-state index contributed by atoms with van der Waals surface area (Å²) in [6.07, 6.45) is 0. The van der Waals surface area contributed by atoms with E-state index in [-0.39, 0.29) is 0 Å². The largest absolute Gasteiger partial charge is 0.208 e. The summed E-state index contributed by atoms with van der Waals surface area (Å²) in [7, 11) is 3.35. The molecule has 3 nitrogen and oxygen atoms in total. The van der Waals surface area contributed by atoms with Crippen molar-refractivity contribution >= 4 is 14.7 Å². The minimum Gasteiger partial charge on any atom is -0.208 e. The van der Waals surface area contributed by atoms with Crippen molar-refractivity contribution in [2.24, 2.45) is 0 Å². The highest BCUT2D eigenvalue weighted by molar-refractivity contribution is 7.19. The van der Waals surface area contributed by atoms with Gasteiger partial charge in [0.15, 0.2) is 29.1 Å². The van der Waals surface area contributed by atoms with E-state index in [1.165, 1.54) is 6.07 Å². The van der Waals surface area contributed by atoms with E-state index in [2.05, 4.69) is 23.8 Å². The third-order valence-electron chi connectivity index (χ3n) is 4.54. The van der Waals surface area contributed by atoms with Crippen LogP contribution in [0.15, 0.2) is 66.7 Å². The summed E-state index contributed by atoms with van der Waals surface area (Å²) in [5, 5.41) is 0. The maximum absolute atomic E-state index is 13.7. The summed E-state index contributed by atoms with van der Waals surface area (Å²) in [5.74, 6) is 1.41. The number of nitrogens with zero attached hydrogens (tertiary/aromatic N) is 3. The lowest BCUT2D eigenvalue weighted by atomic mass is 9.97. The number of aryl methyl sites for hydroxylation is 1. The average molecular weight is 403 g/mol. The Balaban J connectivity index is 1.85. The minimum absolute atomic E-state index is 0.487. The Hall–Kier alpha value is -3.30. The summed E-state index contributed by atoms with van der Waals surface area (Å²) >= 11 is 0. The highest BCUT2D eigenvalue weighted by atomic mass is 31.0. The van der Waals surface area contributed by atoms with Gasteiger partial charge in [-0.1, -0.05) is 48.5 Å². The molecular weight excluding hydrogens is 387 g/mol. The van der Waals surface area contributed by atoms with Crippen LogP contribution in [0, 0.1) is 18.6 Å². The Labute approximate surface area is 169 Å². The van der Waals surface area contributed by atoms with Gasteiger partial charge in [0.25, 0.3) is 0 Å². The molecule has 3 aromatic carbocycles. The molecular formula is C23H16F2N3P. The Morgan fingerprint density at radius 2 is 1.41 bits per heavy atom. The molecule has 0 spiro atoms. The van der Waals surface area contributed by atoms with Crippen LogP contribution in [0.3, 0.4) is 0 Å². The van der Waals surface area contributed by atoms with E-state index >= 15 is 0 Å². The van der Waals surface area contributed by atoms with E-state index in [0.29, 0.717) is 23.0 Å².